The molecule has 0 heterocycles. The molecule has 0 fully saturated rings. The van der Waals surface area contributed by atoms with Gasteiger partial charge in [-0.3, -0.25) is 14.4 Å². The van der Waals surface area contributed by atoms with E-state index in [1.807, 2.05) is 0 Å². The summed E-state index contributed by atoms with van der Waals surface area (Å²) in [6, 6.07) is 0. The maximum Gasteiger partial charge on any atom is 0.306 e. The molecule has 0 aliphatic rings. The lowest BCUT2D eigenvalue weighted by Crippen LogP contribution is -2.30. The van der Waals surface area contributed by atoms with Crippen LogP contribution >= 0.6 is 0 Å². The zero-order valence-electron chi connectivity index (χ0n) is 45.3. The van der Waals surface area contributed by atoms with E-state index in [0.29, 0.717) is 19.3 Å². The first kappa shape index (κ1) is 64.4. The van der Waals surface area contributed by atoms with Crippen molar-refractivity contribution in [2.75, 3.05) is 13.2 Å². The summed E-state index contributed by atoms with van der Waals surface area (Å²) >= 11 is 0. The third-order valence-electron chi connectivity index (χ3n) is 14.1. The molecular formula is C60H116O6. The first-order valence-electron chi connectivity index (χ1n) is 29.8. The van der Waals surface area contributed by atoms with Crippen LogP contribution in [0.2, 0.25) is 0 Å². The smallest absolute Gasteiger partial charge is 0.306 e. The Morgan fingerprint density at radius 1 is 0.318 bits per heavy atom. The number of carbonyl (C=O) groups excluding carboxylic acids is 3. The van der Waals surface area contributed by atoms with Crippen LogP contribution in [0.25, 0.3) is 0 Å². The van der Waals surface area contributed by atoms with Gasteiger partial charge in [-0.25, -0.2) is 0 Å². The quantitative estimate of drug-likeness (QED) is 0.0343. The van der Waals surface area contributed by atoms with Gasteiger partial charge in [0.2, 0.25) is 0 Å². The Balaban J connectivity index is 4.29. The Kier molecular flexibility index (Phi) is 51.5. The number of unbranched alkanes of at least 4 members (excludes halogenated alkanes) is 38. The predicted octanol–water partition coefficient (Wildman–Crippen LogP) is 19.7. The molecule has 0 radical (unpaired) electrons. The maximum atomic E-state index is 12.9. The van der Waals surface area contributed by atoms with Crippen LogP contribution in [-0.4, -0.2) is 37.2 Å². The van der Waals surface area contributed by atoms with Crippen LogP contribution in [0.5, 0.6) is 0 Å². The van der Waals surface area contributed by atoms with Gasteiger partial charge in [-0.05, 0) is 31.1 Å². The van der Waals surface area contributed by atoms with Crippen LogP contribution in [0.1, 0.15) is 336 Å². The molecule has 1 unspecified atom stereocenters. The third kappa shape index (κ3) is 51.8. The largest absolute Gasteiger partial charge is 0.462 e. The SMILES string of the molecule is CCCCCCCCCCCCCCCCC(=O)O[C@@H](COC(=O)CCCCCCCCCCCCCCCCC(C)CC)COC(=O)CCCCCCCCCCCCCCCC(C)C. The van der Waals surface area contributed by atoms with E-state index >= 15 is 0 Å². The van der Waals surface area contributed by atoms with Crippen LogP contribution in [0.3, 0.4) is 0 Å². The number of rotatable bonds is 54. The summed E-state index contributed by atoms with van der Waals surface area (Å²) in [6.07, 6.45) is 56.5. The van der Waals surface area contributed by atoms with Gasteiger partial charge in [0.15, 0.2) is 6.10 Å². The molecule has 0 bridgehead atoms. The van der Waals surface area contributed by atoms with Gasteiger partial charge in [0, 0.05) is 19.3 Å². The van der Waals surface area contributed by atoms with Gasteiger partial charge in [-0.2, -0.15) is 0 Å². The highest BCUT2D eigenvalue weighted by atomic mass is 16.6. The molecule has 0 spiro atoms. The third-order valence-corrected chi connectivity index (χ3v) is 14.1. The topological polar surface area (TPSA) is 78.9 Å². The number of esters is 3. The molecule has 392 valence electrons. The fourth-order valence-corrected chi connectivity index (χ4v) is 9.20. The molecule has 66 heavy (non-hydrogen) atoms. The molecule has 6 nitrogen and oxygen atoms in total. The summed E-state index contributed by atoms with van der Waals surface area (Å²) in [5.41, 5.74) is 0. The minimum absolute atomic E-state index is 0.0624. The van der Waals surface area contributed by atoms with Crippen LogP contribution in [0.4, 0.5) is 0 Å². The summed E-state index contributed by atoms with van der Waals surface area (Å²) in [5, 5.41) is 0. The second-order valence-electron chi connectivity index (χ2n) is 21.4. The van der Waals surface area contributed by atoms with E-state index in [1.165, 1.54) is 225 Å². The number of carbonyl (C=O) groups is 3. The molecule has 2 atom stereocenters. The molecule has 0 aromatic carbocycles. The summed E-state index contributed by atoms with van der Waals surface area (Å²) in [5.74, 6) is 0.899. The second-order valence-corrected chi connectivity index (χ2v) is 21.4. The fraction of sp³-hybridized carbons (Fsp3) is 0.950. The van der Waals surface area contributed by atoms with Gasteiger partial charge in [-0.15, -0.1) is 0 Å². The van der Waals surface area contributed by atoms with E-state index in [2.05, 4.69) is 34.6 Å². The molecule has 6 heteroatoms. The zero-order chi connectivity index (χ0) is 48.2. The number of ether oxygens (including phenoxy) is 3. The highest BCUT2D eigenvalue weighted by Crippen LogP contribution is 2.19. The number of hydrogen-bond acceptors (Lipinski definition) is 6. The molecule has 0 aromatic rings. The van der Waals surface area contributed by atoms with E-state index in [9.17, 15) is 14.4 Å². The fourth-order valence-electron chi connectivity index (χ4n) is 9.20. The van der Waals surface area contributed by atoms with Crippen LogP contribution in [-0.2, 0) is 28.6 Å². The summed E-state index contributed by atoms with van der Waals surface area (Å²) < 4.78 is 16.9. The highest BCUT2D eigenvalue weighted by Gasteiger charge is 2.19. The van der Waals surface area contributed by atoms with Crippen molar-refractivity contribution in [1.82, 2.24) is 0 Å². The Bertz CT molecular complexity index is 1010. The Morgan fingerprint density at radius 3 is 0.864 bits per heavy atom. The Hall–Kier alpha value is -1.59. The van der Waals surface area contributed by atoms with Gasteiger partial charge in [-0.1, -0.05) is 298 Å². The molecule has 0 aliphatic heterocycles. The van der Waals surface area contributed by atoms with Crippen molar-refractivity contribution in [1.29, 1.82) is 0 Å². The lowest BCUT2D eigenvalue weighted by molar-refractivity contribution is -0.167. The highest BCUT2D eigenvalue weighted by molar-refractivity contribution is 5.71. The van der Waals surface area contributed by atoms with Crippen LogP contribution in [0.15, 0.2) is 0 Å². The molecule has 0 saturated heterocycles. The molecule has 0 N–H and O–H groups in total. The minimum Gasteiger partial charge on any atom is -0.462 e. The van der Waals surface area contributed by atoms with Crippen LogP contribution in [0, 0.1) is 11.8 Å². The predicted molar refractivity (Wildman–Crippen MR) is 284 cm³/mol. The van der Waals surface area contributed by atoms with Gasteiger partial charge in [0.1, 0.15) is 13.2 Å². The zero-order valence-corrected chi connectivity index (χ0v) is 45.3. The van der Waals surface area contributed by atoms with Crippen molar-refractivity contribution < 1.29 is 28.6 Å². The van der Waals surface area contributed by atoms with E-state index < -0.39 is 6.10 Å². The van der Waals surface area contributed by atoms with Gasteiger partial charge >= 0.3 is 17.9 Å². The maximum absolute atomic E-state index is 12.9. The van der Waals surface area contributed by atoms with Crippen molar-refractivity contribution in [3.05, 3.63) is 0 Å². The van der Waals surface area contributed by atoms with Crippen molar-refractivity contribution >= 4 is 17.9 Å². The Morgan fingerprint density at radius 2 is 0.576 bits per heavy atom. The normalized spacial score (nSPS) is 12.5. The average Bonchev–Trinajstić information content (AvgIpc) is 3.30. The van der Waals surface area contributed by atoms with Crippen molar-refractivity contribution in [2.24, 2.45) is 11.8 Å². The van der Waals surface area contributed by atoms with Gasteiger partial charge in [0.05, 0.1) is 0 Å². The van der Waals surface area contributed by atoms with Crippen LogP contribution < -0.4 is 0 Å². The number of hydrogen-bond donors (Lipinski definition) is 0. The summed E-state index contributed by atoms with van der Waals surface area (Å²) in [7, 11) is 0. The first-order chi connectivity index (χ1) is 32.3. The van der Waals surface area contributed by atoms with E-state index in [1.54, 1.807) is 0 Å². The first-order valence-corrected chi connectivity index (χ1v) is 29.8. The average molecular weight is 934 g/mol. The van der Waals surface area contributed by atoms with Crippen molar-refractivity contribution in [2.45, 2.75) is 343 Å². The van der Waals surface area contributed by atoms with Gasteiger partial charge in [0.25, 0.3) is 0 Å². The minimum atomic E-state index is -0.763. The monoisotopic (exact) mass is 933 g/mol. The molecule has 0 amide bonds. The van der Waals surface area contributed by atoms with E-state index in [0.717, 1.165) is 69.6 Å². The molecule has 0 aliphatic carbocycles. The Labute approximate surface area is 412 Å². The van der Waals surface area contributed by atoms with E-state index in [-0.39, 0.29) is 31.1 Å². The van der Waals surface area contributed by atoms with E-state index in [4.69, 9.17) is 14.2 Å². The molecule has 0 aromatic heterocycles. The summed E-state index contributed by atoms with van der Waals surface area (Å²) in [4.78, 5) is 38.2. The summed E-state index contributed by atoms with van der Waals surface area (Å²) in [6.45, 7) is 11.5. The van der Waals surface area contributed by atoms with Crippen molar-refractivity contribution in [3.8, 4) is 0 Å². The van der Waals surface area contributed by atoms with Crippen molar-refractivity contribution in [3.63, 3.8) is 0 Å². The second kappa shape index (κ2) is 52.8. The molecule has 0 saturated carbocycles. The molecular weight excluding hydrogens is 817 g/mol. The van der Waals surface area contributed by atoms with Gasteiger partial charge < -0.3 is 14.2 Å². The lowest BCUT2D eigenvalue weighted by atomic mass is 9.99. The lowest BCUT2D eigenvalue weighted by Gasteiger charge is -2.18. The molecule has 0 rings (SSSR count). The standard InChI is InChI=1S/C60H116O6/c1-6-8-9-10-11-12-13-14-20-27-32-37-42-47-52-60(63)66-57(54-65-59(62)51-46-41-36-31-26-22-17-18-23-28-33-38-43-48-55(3)4)53-64-58(61)50-45-40-35-30-25-21-16-15-19-24-29-34-39-44-49-56(5)7-2/h55-57H,6-54H2,1-5H3/t56?,57-/m0/s1.